The molecule has 2 rings (SSSR count). The normalized spacial score (nSPS) is 10.5. The van der Waals surface area contributed by atoms with Crippen LogP contribution in [0.25, 0.3) is 6.08 Å². The van der Waals surface area contributed by atoms with E-state index in [1.165, 1.54) is 13.2 Å². The predicted octanol–water partition coefficient (Wildman–Crippen LogP) is 3.18. The first-order valence-corrected chi connectivity index (χ1v) is 8.52. The van der Waals surface area contributed by atoms with E-state index in [9.17, 15) is 9.59 Å². The molecule has 0 atom stereocenters. The monoisotopic (exact) mass is 380 g/mol. The van der Waals surface area contributed by atoms with E-state index < -0.39 is 5.97 Å². The van der Waals surface area contributed by atoms with Crippen molar-refractivity contribution in [3.63, 3.8) is 0 Å². The van der Waals surface area contributed by atoms with Gasteiger partial charge in [0.05, 0.1) is 13.7 Å². The van der Waals surface area contributed by atoms with Gasteiger partial charge in [0.15, 0.2) is 18.1 Å². The lowest BCUT2D eigenvalue weighted by atomic mass is 10.1. The Morgan fingerprint density at radius 1 is 1.14 bits per heavy atom. The van der Waals surface area contributed by atoms with E-state index in [1.807, 2.05) is 24.3 Å². The zero-order valence-electron chi connectivity index (χ0n) is 15.6. The van der Waals surface area contributed by atoms with Gasteiger partial charge in [0.25, 0.3) is 5.91 Å². The molecule has 2 aromatic carbocycles. The average Bonchev–Trinajstić information content (AvgIpc) is 2.71. The zero-order valence-corrected chi connectivity index (χ0v) is 15.6. The number of rotatable bonds is 8. The van der Waals surface area contributed by atoms with Gasteiger partial charge in [0.2, 0.25) is 0 Å². The summed E-state index contributed by atoms with van der Waals surface area (Å²) in [6.45, 7) is 1.64. The highest BCUT2D eigenvalue weighted by Crippen LogP contribution is 2.29. The molecule has 1 N–H and O–H groups in total. The fraction of sp³-hybridized carbons (Fsp3) is 0.190. The predicted molar refractivity (Wildman–Crippen MR) is 104 cm³/mol. The van der Waals surface area contributed by atoms with E-state index in [0.717, 1.165) is 0 Å². The van der Waals surface area contributed by atoms with Crippen molar-refractivity contribution in [1.29, 1.82) is 5.26 Å². The smallest absolute Gasteiger partial charge is 0.348 e. The molecule has 7 nitrogen and oxygen atoms in total. The van der Waals surface area contributed by atoms with Gasteiger partial charge >= 0.3 is 5.97 Å². The SMILES string of the molecule is CCOC(=O)C(C#N)=Cc1ccc(OCC(=O)Nc2ccccc2)c(OC)c1. The first-order valence-electron chi connectivity index (χ1n) is 8.52. The number of carbonyl (C=O) groups is 2. The first-order chi connectivity index (χ1) is 13.6. The number of esters is 1. The lowest BCUT2D eigenvalue weighted by Gasteiger charge is -2.11. The number of nitrogens with one attached hydrogen (secondary N) is 1. The summed E-state index contributed by atoms with van der Waals surface area (Å²) in [6, 6.07) is 15.7. The van der Waals surface area contributed by atoms with Crippen LogP contribution in [-0.2, 0) is 14.3 Å². The summed E-state index contributed by atoms with van der Waals surface area (Å²) >= 11 is 0. The van der Waals surface area contributed by atoms with Gasteiger partial charge in [0.1, 0.15) is 11.6 Å². The first kappa shape index (κ1) is 20.5. The molecule has 1 amide bonds. The van der Waals surface area contributed by atoms with Gasteiger partial charge in [-0.15, -0.1) is 0 Å². The highest BCUT2D eigenvalue weighted by Gasteiger charge is 2.12. The Bertz CT molecular complexity index is 901. The minimum Gasteiger partial charge on any atom is -0.493 e. The molecule has 7 heteroatoms. The van der Waals surface area contributed by atoms with Crippen molar-refractivity contribution in [3.05, 3.63) is 59.7 Å². The van der Waals surface area contributed by atoms with Gasteiger partial charge in [-0.3, -0.25) is 4.79 Å². The van der Waals surface area contributed by atoms with Crippen LogP contribution in [0.3, 0.4) is 0 Å². The van der Waals surface area contributed by atoms with Gasteiger partial charge in [-0.1, -0.05) is 24.3 Å². The summed E-state index contributed by atoms with van der Waals surface area (Å²) < 4.78 is 15.6. The van der Waals surface area contributed by atoms with Crippen LogP contribution in [0.4, 0.5) is 5.69 Å². The number of methoxy groups -OCH3 is 1. The van der Waals surface area contributed by atoms with E-state index in [0.29, 0.717) is 22.7 Å². The maximum Gasteiger partial charge on any atom is 0.348 e. The molecule has 0 saturated carbocycles. The molecule has 0 heterocycles. The third-order valence-electron chi connectivity index (χ3n) is 3.53. The fourth-order valence-electron chi connectivity index (χ4n) is 2.27. The molecule has 0 aliphatic heterocycles. The number of benzene rings is 2. The van der Waals surface area contributed by atoms with Crippen LogP contribution in [0.15, 0.2) is 54.1 Å². The van der Waals surface area contributed by atoms with Crippen LogP contribution < -0.4 is 14.8 Å². The van der Waals surface area contributed by atoms with Crippen molar-refractivity contribution in [2.45, 2.75) is 6.92 Å². The van der Waals surface area contributed by atoms with Crippen molar-refractivity contribution in [3.8, 4) is 17.6 Å². The van der Waals surface area contributed by atoms with Crippen LogP contribution in [0.1, 0.15) is 12.5 Å². The maximum atomic E-state index is 12.0. The Kier molecular flexibility index (Phi) is 7.61. The summed E-state index contributed by atoms with van der Waals surface area (Å²) in [5, 5.41) is 11.8. The van der Waals surface area contributed by atoms with E-state index in [1.54, 1.807) is 37.3 Å². The Morgan fingerprint density at radius 2 is 1.89 bits per heavy atom. The third kappa shape index (κ3) is 5.88. The van der Waals surface area contributed by atoms with Crippen molar-refractivity contribution in [2.75, 3.05) is 25.6 Å². The topological polar surface area (TPSA) is 97.7 Å². The molecule has 0 fully saturated rings. The molecule has 0 bridgehead atoms. The minimum absolute atomic E-state index is 0.125. The molecule has 0 unspecified atom stereocenters. The van der Waals surface area contributed by atoms with Crippen molar-refractivity contribution in [2.24, 2.45) is 0 Å². The molecule has 0 saturated heterocycles. The van der Waals surface area contributed by atoms with Gasteiger partial charge in [-0.2, -0.15) is 5.26 Å². The van der Waals surface area contributed by atoms with Crippen LogP contribution >= 0.6 is 0 Å². The number of nitrogens with zero attached hydrogens (tertiary/aromatic N) is 1. The molecule has 0 radical (unpaired) electrons. The Morgan fingerprint density at radius 3 is 2.54 bits per heavy atom. The lowest BCUT2D eigenvalue weighted by molar-refractivity contribution is -0.137. The minimum atomic E-state index is -0.693. The number of amides is 1. The van der Waals surface area contributed by atoms with Gasteiger partial charge in [0, 0.05) is 5.69 Å². The quantitative estimate of drug-likeness (QED) is 0.429. The number of anilines is 1. The molecule has 0 spiro atoms. The summed E-state index contributed by atoms with van der Waals surface area (Å²) in [5.41, 5.74) is 1.11. The van der Waals surface area contributed by atoms with Crippen LogP contribution in [0, 0.1) is 11.3 Å². The van der Waals surface area contributed by atoms with E-state index >= 15 is 0 Å². The molecule has 0 aliphatic rings. The number of nitriles is 1. The fourth-order valence-corrected chi connectivity index (χ4v) is 2.27. The number of para-hydroxylation sites is 1. The Labute approximate surface area is 163 Å². The molecule has 28 heavy (non-hydrogen) atoms. The molecule has 2 aromatic rings. The molecular formula is C21H20N2O5. The molecule has 144 valence electrons. The average molecular weight is 380 g/mol. The number of hydrogen-bond acceptors (Lipinski definition) is 6. The number of hydrogen-bond donors (Lipinski definition) is 1. The second-order valence-electron chi connectivity index (χ2n) is 5.50. The molecular weight excluding hydrogens is 360 g/mol. The standard InChI is InChI=1S/C21H20N2O5/c1-3-27-21(25)16(13-22)11-15-9-10-18(19(12-15)26-2)28-14-20(24)23-17-7-5-4-6-8-17/h4-12H,3,14H2,1-2H3,(H,23,24). The van der Waals surface area contributed by atoms with E-state index in [-0.39, 0.29) is 24.7 Å². The van der Waals surface area contributed by atoms with Gasteiger partial charge < -0.3 is 19.5 Å². The summed E-state index contributed by atoms with van der Waals surface area (Å²) in [6.07, 6.45) is 1.40. The summed E-state index contributed by atoms with van der Waals surface area (Å²) in [5.74, 6) is -0.284. The summed E-state index contributed by atoms with van der Waals surface area (Å²) in [7, 11) is 1.45. The van der Waals surface area contributed by atoms with Gasteiger partial charge in [-0.05, 0) is 42.8 Å². The second-order valence-corrected chi connectivity index (χ2v) is 5.50. The number of ether oxygens (including phenoxy) is 3. The summed E-state index contributed by atoms with van der Waals surface area (Å²) in [4.78, 5) is 23.7. The highest BCUT2D eigenvalue weighted by molar-refractivity contribution is 5.98. The van der Waals surface area contributed by atoms with Crippen molar-refractivity contribution >= 4 is 23.6 Å². The Hall–Kier alpha value is -3.79. The third-order valence-corrected chi connectivity index (χ3v) is 3.53. The lowest BCUT2D eigenvalue weighted by Crippen LogP contribution is -2.20. The van der Waals surface area contributed by atoms with E-state index in [2.05, 4.69) is 5.32 Å². The molecule has 0 aromatic heterocycles. The number of carbonyl (C=O) groups excluding carboxylic acids is 2. The largest absolute Gasteiger partial charge is 0.493 e. The van der Waals surface area contributed by atoms with Gasteiger partial charge in [-0.25, -0.2) is 4.79 Å². The van der Waals surface area contributed by atoms with Crippen molar-refractivity contribution < 1.29 is 23.8 Å². The van der Waals surface area contributed by atoms with Crippen LogP contribution in [0.5, 0.6) is 11.5 Å². The van der Waals surface area contributed by atoms with Crippen LogP contribution in [0.2, 0.25) is 0 Å². The van der Waals surface area contributed by atoms with Crippen molar-refractivity contribution in [1.82, 2.24) is 0 Å². The molecule has 0 aliphatic carbocycles. The van der Waals surface area contributed by atoms with Crippen LogP contribution in [-0.4, -0.2) is 32.2 Å². The zero-order chi connectivity index (χ0) is 20.4. The second kappa shape index (κ2) is 10.4. The Balaban J connectivity index is 2.07. The maximum absolute atomic E-state index is 12.0. The van der Waals surface area contributed by atoms with E-state index in [4.69, 9.17) is 19.5 Å². The highest BCUT2D eigenvalue weighted by atomic mass is 16.5.